The number of hydrogen-bond donors (Lipinski definition) is 1. The molecule has 0 heterocycles. The van der Waals surface area contributed by atoms with Crippen LogP contribution >= 0.6 is 23.2 Å². The fourth-order valence-corrected chi connectivity index (χ4v) is 2.28. The van der Waals surface area contributed by atoms with Crippen LogP contribution < -0.4 is 0 Å². The Hall–Kier alpha value is -0.240. The van der Waals surface area contributed by atoms with Crippen LogP contribution in [-0.4, -0.2) is 10.7 Å². The van der Waals surface area contributed by atoms with Crippen LogP contribution in [0.15, 0.2) is 18.2 Å². The molecule has 0 saturated heterocycles. The maximum absolute atomic E-state index is 10.5. The highest BCUT2D eigenvalue weighted by Crippen LogP contribution is 2.32. The fraction of sp³-hybridized carbons (Fsp3) is 0.538. The zero-order chi connectivity index (χ0) is 12.3. The standard InChI is InChI=1S/C13H18Cl2O/c1-4-13(16,9(2)3)8-10-11(14)6-5-7-12(10)15/h5-7,9,16H,4,8H2,1-3H3. The predicted octanol–water partition coefficient (Wildman–Crippen LogP) is 4.33. The molecule has 3 heteroatoms. The molecule has 90 valence electrons. The third-order valence-corrected chi connectivity index (χ3v) is 3.94. The van der Waals surface area contributed by atoms with E-state index in [0.717, 1.165) is 5.56 Å². The number of halogens is 2. The molecule has 0 amide bonds. The highest BCUT2D eigenvalue weighted by molar-refractivity contribution is 6.36. The molecule has 0 radical (unpaired) electrons. The Morgan fingerprint density at radius 3 is 2.12 bits per heavy atom. The first-order valence-corrected chi connectivity index (χ1v) is 6.31. The van der Waals surface area contributed by atoms with Crippen LogP contribution in [0, 0.1) is 5.92 Å². The molecule has 0 aliphatic heterocycles. The van der Waals surface area contributed by atoms with Crippen molar-refractivity contribution in [3.8, 4) is 0 Å². The molecule has 1 aromatic rings. The van der Waals surface area contributed by atoms with Crippen molar-refractivity contribution in [2.45, 2.75) is 39.2 Å². The third kappa shape index (κ3) is 2.91. The van der Waals surface area contributed by atoms with Gasteiger partial charge in [0.05, 0.1) is 5.60 Å². The molecule has 16 heavy (non-hydrogen) atoms. The minimum atomic E-state index is -0.741. The van der Waals surface area contributed by atoms with Crippen LogP contribution in [0.5, 0.6) is 0 Å². The van der Waals surface area contributed by atoms with Crippen molar-refractivity contribution in [3.63, 3.8) is 0 Å². The molecule has 1 nitrogen and oxygen atoms in total. The zero-order valence-corrected chi connectivity index (χ0v) is 11.4. The maximum Gasteiger partial charge on any atom is 0.0709 e. The minimum Gasteiger partial charge on any atom is -0.389 e. The Kier molecular flexibility index (Phi) is 4.66. The molecule has 1 atom stereocenters. The van der Waals surface area contributed by atoms with Gasteiger partial charge in [0.2, 0.25) is 0 Å². The van der Waals surface area contributed by atoms with E-state index in [9.17, 15) is 5.11 Å². The molecule has 0 bridgehead atoms. The highest BCUT2D eigenvalue weighted by atomic mass is 35.5. The summed E-state index contributed by atoms with van der Waals surface area (Å²) in [4.78, 5) is 0. The van der Waals surface area contributed by atoms with E-state index >= 15 is 0 Å². The van der Waals surface area contributed by atoms with Crippen molar-refractivity contribution in [3.05, 3.63) is 33.8 Å². The van der Waals surface area contributed by atoms with Gasteiger partial charge in [-0.25, -0.2) is 0 Å². The van der Waals surface area contributed by atoms with Crippen LogP contribution in [-0.2, 0) is 6.42 Å². The van der Waals surface area contributed by atoms with E-state index < -0.39 is 5.60 Å². The van der Waals surface area contributed by atoms with Gasteiger partial charge in [0.1, 0.15) is 0 Å². The fourth-order valence-electron chi connectivity index (χ4n) is 1.74. The molecule has 0 aliphatic carbocycles. The highest BCUT2D eigenvalue weighted by Gasteiger charge is 2.30. The van der Waals surface area contributed by atoms with Gasteiger partial charge in [0.15, 0.2) is 0 Å². The van der Waals surface area contributed by atoms with E-state index in [1.165, 1.54) is 0 Å². The molecule has 0 aliphatic rings. The Morgan fingerprint density at radius 2 is 1.75 bits per heavy atom. The molecule has 0 saturated carbocycles. The van der Waals surface area contributed by atoms with Gasteiger partial charge in [0, 0.05) is 16.5 Å². The Balaban J connectivity index is 3.03. The van der Waals surface area contributed by atoms with Crippen LogP contribution in [0.3, 0.4) is 0 Å². The second-order valence-electron chi connectivity index (χ2n) is 4.49. The van der Waals surface area contributed by atoms with Gasteiger partial charge in [-0.3, -0.25) is 0 Å². The summed E-state index contributed by atoms with van der Waals surface area (Å²) in [6.07, 6.45) is 1.19. The van der Waals surface area contributed by atoms with Crippen molar-refractivity contribution < 1.29 is 5.11 Å². The van der Waals surface area contributed by atoms with Crippen LogP contribution in [0.1, 0.15) is 32.8 Å². The second kappa shape index (κ2) is 5.39. The van der Waals surface area contributed by atoms with E-state index in [1.54, 1.807) is 12.1 Å². The largest absolute Gasteiger partial charge is 0.389 e. The summed E-state index contributed by atoms with van der Waals surface area (Å²) in [5, 5.41) is 11.7. The summed E-state index contributed by atoms with van der Waals surface area (Å²) in [6.45, 7) is 5.99. The van der Waals surface area contributed by atoms with Crippen molar-refractivity contribution in [2.75, 3.05) is 0 Å². The summed E-state index contributed by atoms with van der Waals surface area (Å²) < 4.78 is 0. The van der Waals surface area contributed by atoms with E-state index in [0.29, 0.717) is 22.9 Å². The monoisotopic (exact) mass is 260 g/mol. The number of aliphatic hydroxyl groups is 1. The van der Waals surface area contributed by atoms with E-state index in [4.69, 9.17) is 23.2 Å². The number of rotatable bonds is 4. The van der Waals surface area contributed by atoms with Crippen molar-refractivity contribution in [2.24, 2.45) is 5.92 Å². The van der Waals surface area contributed by atoms with E-state index in [-0.39, 0.29) is 5.92 Å². The lowest BCUT2D eigenvalue weighted by atomic mass is 9.82. The summed E-state index contributed by atoms with van der Waals surface area (Å²) in [5.41, 5.74) is 0.0955. The van der Waals surface area contributed by atoms with Gasteiger partial charge in [-0.15, -0.1) is 0 Å². The lowest BCUT2D eigenvalue weighted by Crippen LogP contribution is -2.36. The summed E-state index contributed by atoms with van der Waals surface area (Å²) >= 11 is 12.2. The van der Waals surface area contributed by atoms with Crippen molar-refractivity contribution in [1.82, 2.24) is 0 Å². The average molecular weight is 261 g/mol. The van der Waals surface area contributed by atoms with Crippen LogP contribution in [0.4, 0.5) is 0 Å². The molecule has 1 N–H and O–H groups in total. The van der Waals surface area contributed by atoms with Gasteiger partial charge in [-0.2, -0.15) is 0 Å². The van der Waals surface area contributed by atoms with Crippen molar-refractivity contribution >= 4 is 23.2 Å². The smallest absolute Gasteiger partial charge is 0.0709 e. The molecule has 1 aromatic carbocycles. The maximum atomic E-state index is 10.5. The number of hydrogen-bond acceptors (Lipinski definition) is 1. The first kappa shape index (κ1) is 13.8. The Labute approximate surface area is 107 Å². The van der Waals surface area contributed by atoms with Crippen LogP contribution in [0.2, 0.25) is 10.0 Å². The number of benzene rings is 1. The normalized spacial score (nSPS) is 15.2. The topological polar surface area (TPSA) is 20.2 Å². The predicted molar refractivity (Wildman–Crippen MR) is 70.2 cm³/mol. The molecule has 1 unspecified atom stereocenters. The van der Waals surface area contributed by atoms with Crippen LogP contribution in [0.25, 0.3) is 0 Å². The molecule has 0 fully saturated rings. The molecular weight excluding hydrogens is 243 g/mol. The van der Waals surface area contributed by atoms with Crippen molar-refractivity contribution in [1.29, 1.82) is 0 Å². The van der Waals surface area contributed by atoms with E-state index in [2.05, 4.69) is 0 Å². The molecular formula is C13H18Cl2O. The molecule has 0 aromatic heterocycles. The van der Waals surface area contributed by atoms with E-state index in [1.807, 2.05) is 26.8 Å². The third-order valence-electron chi connectivity index (χ3n) is 3.23. The summed E-state index contributed by atoms with van der Waals surface area (Å²) in [6, 6.07) is 5.42. The minimum absolute atomic E-state index is 0.171. The second-order valence-corrected chi connectivity index (χ2v) is 5.30. The molecule has 0 spiro atoms. The average Bonchev–Trinajstić information content (AvgIpc) is 2.23. The van der Waals surface area contributed by atoms with Gasteiger partial charge in [-0.05, 0) is 30.0 Å². The first-order valence-electron chi connectivity index (χ1n) is 5.56. The van der Waals surface area contributed by atoms with Gasteiger partial charge in [0.25, 0.3) is 0 Å². The zero-order valence-electron chi connectivity index (χ0n) is 9.93. The summed E-state index contributed by atoms with van der Waals surface area (Å²) in [5.74, 6) is 0.171. The van der Waals surface area contributed by atoms with Gasteiger partial charge >= 0.3 is 0 Å². The Morgan fingerprint density at radius 1 is 1.25 bits per heavy atom. The summed E-state index contributed by atoms with van der Waals surface area (Å²) in [7, 11) is 0. The first-order chi connectivity index (χ1) is 7.40. The quantitative estimate of drug-likeness (QED) is 0.855. The lowest BCUT2D eigenvalue weighted by Gasteiger charge is -2.31. The SMILES string of the molecule is CCC(O)(Cc1c(Cl)cccc1Cl)C(C)C. The Bertz CT molecular complexity index is 343. The lowest BCUT2D eigenvalue weighted by molar-refractivity contribution is -0.00825. The van der Waals surface area contributed by atoms with Gasteiger partial charge in [-0.1, -0.05) is 50.0 Å². The molecule has 1 rings (SSSR count). The van der Waals surface area contributed by atoms with Gasteiger partial charge < -0.3 is 5.11 Å².